The number of carboxylic acid groups (broad SMARTS) is 1. The van der Waals surface area contributed by atoms with Crippen LogP contribution in [-0.4, -0.2) is 16.1 Å². The predicted molar refractivity (Wildman–Crippen MR) is 62.4 cm³/mol. The molecule has 1 heterocycles. The van der Waals surface area contributed by atoms with Gasteiger partial charge >= 0.3 is 5.97 Å². The summed E-state index contributed by atoms with van der Waals surface area (Å²) in [4.78, 5) is 14.8. The molecular formula is C13H11NO3. The molecule has 2 rings (SSSR count). The van der Waals surface area contributed by atoms with Crippen molar-refractivity contribution >= 4 is 5.97 Å². The molecule has 0 bridgehead atoms. The first-order valence-corrected chi connectivity index (χ1v) is 5.09. The maximum atomic E-state index is 10.7. The number of aryl methyl sites for hydroxylation is 1. The first-order valence-electron chi connectivity index (χ1n) is 5.09. The van der Waals surface area contributed by atoms with Crippen LogP contribution >= 0.6 is 0 Å². The number of pyridine rings is 1. The zero-order valence-electron chi connectivity index (χ0n) is 9.25. The lowest BCUT2D eigenvalue weighted by atomic mass is 10.2. The molecule has 86 valence electrons. The Bertz CT molecular complexity index is 535. The Morgan fingerprint density at radius 2 is 1.94 bits per heavy atom. The molecule has 0 aliphatic heterocycles. The molecule has 0 fully saturated rings. The molecule has 1 N–H and O–H groups in total. The van der Waals surface area contributed by atoms with Gasteiger partial charge in [0.15, 0.2) is 0 Å². The van der Waals surface area contributed by atoms with Gasteiger partial charge < -0.3 is 9.84 Å². The fraction of sp³-hybridized carbons (Fsp3) is 0.0769. The topological polar surface area (TPSA) is 59.4 Å². The van der Waals surface area contributed by atoms with Crippen LogP contribution < -0.4 is 4.74 Å². The molecule has 0 saturated heterocycles. The average molecular weight is 229 g/mol. The summed E-state index contributed by atoms with van der Waals surface area (Å²) >= 11 is 0. The molecule has 0 aliphatic rings. The minimum atomic E-state index is -0.950. The van der Waals surface area contributed by atoms with Gasteiger partial charge in [0, 0.05) is 6.20 Å². The summed E-state index contributed by atoms with van der Waals surface area (Å²) < 4.78 is 5.59. The van der Waals surface area contributed by atoms with Gasteiger partial charge in [-0.05, 0) is 43.3 Å². The van der Waals surface area contributed by atoms with Gasteiger partial charge in [-0.2, -0.15) is 0 Å². The Morgan fingerprint density at radius 1 is 1.24 bits per heavy atom. The largest absolute Gasteiger partial charge is 0.478 e. The number of hydrogen-bond donors (Lipinski definition) is 1. The highest BCUT2D eigenvalue weighted by Gasteiger charge is 2.04. The molecule has 0 spiro atoms. The minimum absolute atomic E-state index is 0.236. The van der Waals surface area contributed by atoms with Crippen LogP contribution in [0.25, 0.3) is 0 Å². The lowest BCUT2D eigenvalue weighted by Crippen LogP contribution is -1.95. The molecule has 0 aliphatic carbocycles. The molecule has 1 aromatic carbocycles. The second kappa shape index (κ2) is 4.65. The summed E-state index contributed by atoms with van der Waals surface area (Å²) in [5.74, 6) is 0.302. The normalized spacial score (nSPS) is 9.94. The van der Waals surface area contributed by atoms with E-state index < -0.39 is 5.97 Å². The summed E-state index contributed by atoms with van der Waals surface area (Å²) in [6, 6.07) is 9.85. The maximum absolute atomic E-state index is 10.7. The number of aromatic carboxylic acids is 1. The van der Waals surface area contributed by atoms with Gasteiger partial charge in [-0.3, -0.25) is 4.98 Å². The summed E-state index contributed by atoms with van der Waals surface area (Å²) in [5, 5.41) is 8.76. The van der Waals surface area contributed by atoms with E-state index in [-0.39, 0.29) is 5.56 Å². The van der Waals surface area contributed by atoms with Crippen molar-refractivity contribution in [2.24, 2.45) is 0 Å². The summed E-state index contributed by atoms with van der Waals surface area (Å²) in [5.41, 5.74) is 1.02. The Kier molecular flexibility index (Phi) is 3.05. The van der Waals surface area contributed by atoms with E-state index in [2.05, 4.69) is 4.98 Å². The Hall–Kier alpha value is -2.36. The van der Waals surface area contributed by atoms with E-state index in [1.165, 1.54) is 12.1 Å². The van der Waals surface area contributed by atoms with Crippen molar-refractivity contribution in [2.75, 3.05) is 0 Å². The van der Waals surface area contributed by atoms with Crippen molar-refractivity contribution in [1.29, 1.82) is 0 Å². The lowest BCUT2D eigenvalue weighted by molar-refractivity contribution is 0.0697. The summed E-state index contributed by atoms with van der Waals surface area (Å²) in [7, 11) is 0. The highest BCUT2D eigenvalue weighted by atomic mass is 16.5. The van der Waals surface area contributed by atoms with Crippen LogP contribution in [-0.2, 0) is 0 Å². The van der Waals surface area contributed by atoms with Crippen LogP contribution in [0.1, 0.15) is 16.1 Å². The van der Waals surface area contributed by atoms with Gasteiger partial charge in [0.2, 0.25) is 0 Å². The quantitative estimate of drug-likeness (QED) is 0.879. The number of aromatic nitrogens is 1. The molecule has 4 heteroatoms. The second-order valence-corrected chi connectivity index (χ2v) is 3.52. The average Bonchev–Trinajstić information content (AvgIpc) is 2.33. The summed E-state index contributed by atoms with van der Waals surface area (Å²) in [6.07, 6.45) is 1.69. The van der Waals surface area contributed by atoms with E-state index in [4.69, 9.17) is 9.84 Å². The second-order valence-electron chi connectivity index (χ2n) is 3.52. The van der Waals surface area contributed by atoms with Crippen molar-refractivity contribution in [3.63, 3.8) is 0 Å². The SMILES string of the molecule is Cc1ncccc1Oc1ccc(C(=O)O)cc1. The van der Waals surface area contributed by atoms with E-state index in [9.17, 15) is 4.79 Å². The van der Waals surface area contributed by atoms with E-state index >= 15 is 0 Å². The first-order chi connectivity index (χ1) is 8.16. The third-order valence-corrected chi connectivity index (χ3v) is 2.29. The van der Waals surface area contributed by atoms with Crippen LogP contribution in [0.2, 0.25) is 0 Å². The molecule has 0 atom stereocenters. The first kappa shape index (κ1) is 11.1. The Morgan fingerprint density at radius 3 is 2.53 bits per heavy atom. The molecule has 0 amide bonds. The lowest BCUT2D eigenvalue weighted by Gasteiger charge is -2.07. The van der Waals surface area contributed by atoms with Crippen molar-refractivity contribution < 1.29 is 14.6 Å². The number of rotatable bonds is 3. The van der Waals surface area contributed by atoms with Crippen molar-refractivity contribution in [3.05, 3.63) is 53.9 Å². The van der Waals surface area contributed by atoms with Gasteiger partial charge in [0.05, 0.1) is 11.3 Å². The number of ether oxygens (including phenoxy) is 1. The molecule has 0 saturated carbocycles. The molecule has 1 aromatic heterocycles. The number of carbonyl (C=O) groups is 1. The van der Waals surface area contributed by atoms with Crippen molar-refractivity contribution in [1.82, 2.24) is 4.98 Å². The van der Waals surface area contributed by atoms with Gasteiger partial charge in [-0.15, -0.1) is 0 Å². The molecule has 0 unspecified atom stereocenters. The maximum Gasteiger partial charge on any atom is 0.335 e. The molecule has 4 nitrogen and oxygen atoms in total. The predicted octanol–water partition coefficient (Wildman–Crippen LogP) is 2.88. The van der Waals surface area contributed by atoms with Crippen LogP contribution in [0.5, 0.6) is 11.5 Å². The summed E-state index contributed by atoms with van der Waals surface area (Å²) in [6.45, 7) is 1.85. The highest BCUT2D eigenvalue weighted by Crippen LogP contribution is 2.23. The number of benzene rings is 1. The number of hydrogen-bond acceptors (Lipinski definition) is 3. The minimum Gasteiger partial charge on any atom is -0.478 e. The van der Waals surface area contributed by atoms with E-state index in [0.29, 0.717) is 11.5 Å². The van der Waals surface area contributed by atoms with Crippen molar-refractivity contribution in [3.8, 4) is 11.5 Å². The standard InChI is InChI=1S/C13H11NO3/c1-9-12(3-2-8-14-9)17-11-6-4-10(5-7-11)13(15)16/h2-8H,1H3,(H,15,16). The highest BCUT2D eigenvalue weighted by molar-refractivity contribution is 5.87. The van der Waals surface area contributed by atoms with Crippen LogP contribution in [0.15, 0.2) is 42.6 Å². The zero-order valence-corrected chi connectivity index (χ0v) is 9.25. The van der Waals surface area contributed by atoms with E-state index in [0.717, 1.165) is 5.69 Å². The molecular weight excluding hydrogens is 218 g/mol. The molecule has 17 heavy (non-hydrogen) atoms. The van der Waals surface area contributed by atoms with Gasteiger partial charge in [-0.1, -0.05) is 0 Å². The Balaban J connectivity index is 2.20. The molecule has 0 radical (unpaired) electrons. The monoisotopic (exact) mass is 229 g/mol. The fourth-order valence-corrected chi connectivity index (χ4v) is 1.37. The van der Waals surface area contributed by atoms with Gasteiger partial charge in [-0.25, -0.2) is 4.79 Å². The Labute approximate surface area is 98.5 Å². The van der Waals surface area contributed by atoms with E-state index in [1.807, 2.05) is 13.0 Å². The van der Waals surface area contributed by atoms with Gasteiger partial charge in [0.1, 0.15) is 11.5 Å². The van der Waals surface area contributed by atoms with Crippen LogP contribution in [0.3, 0.4) is 0 Å². The third-order valence-electron chi connectivity index (χ3n) is 2.29. The van der Waals surface area contributed by atoms with Crippen molar-refractivity contribution in [2.45, 2.75) is 6.92 Å². The fourth-order valence-electron chi connectivity index (χ4n) is 1.37. The number of nitrogens with zero attached hydrogens (tertiary/aromatic N) is 1. The smallest absolute Gasteiger partial charge is 0.335 e. The zero-order chi connectivity index (χ0) is 12.3. The van der Waals surface area contributed by atoms with Gasteiger partial charge in [0.25, 0.3) is 0 Å². The van der Waals surface area contributed by atoms with Crippen LogP contribution in [0, 0.1) is 6.92 Å². The van der Waals surface area contributed by atoms with E-state index in [1.54, 1.807) is 24.4 Å². The molecule has 2 aromatic rings. The van der Waals surface area contributed by atoms with Crippen LogP contribution in [0.4, 0.5) is 0 Å². The third kappa shape index (κ3) is 2.60. The number of carboxylic acids is 1.